The fraction of sp³-hybridized carbons (Fsp3) is 0.333. The van der Waals surface area contributed by atoms with Gasteiger partial charge in [0.1, 0.15) is 5.82 Å². The van der Waals surface area contributed by atoms with E-state index >= 15 is 0 Å². The maximum Gasteiger partial charge on any atom is 0.123 e. The lowest BCUT2D eigenvalue weighted by molar-refractivity contribution is 0.608. The molecule has 0 saturated heterocycles. The molecule has 100 valence electrons. The van der Waals surface area contributed by atoms with Crippen molar-refractivity contribution in [3.8, 4) is 0 Å². The van der Waals surface area contributed by atoms with E-state index in [1.807, 2.05) is 6.07 Å². The third-order valence-electron chi connectivity index (χ3n) is 3.65. The first-order chi connectivity index (χ1) is 9.28. The predicted molar refractivity (Wildman–Crippen MR) is 76.5 cm³/mol. The first-order valence-electron chi connectivity index (χ1n) is 6.61. The summed E-state index contributed by atoms with van der Waals surface area (Å²) in [6, 6.07) is 8.75. The molecular weight excluding hydrogens is 259 g/mol. The first kappa shape index (κ1) is 12.8. The Kier molecular flexibility index (Phi) is 3.64. The monoisotopic (exact) mass is 276 g/mol. The number of benzene rings is 1. The molecule has 0 radical (unpaired) electrons. The largest absolute Gasteiger partial charge is 0.271 e. The Morgan fingerprint density at radius 2 is 2.05 bits per heavy atom. The maximum atomic E-state index is 13.3. The third kappa shape index (κ3) is 2.56. The fourth-order valence-corrected chi connectivity index (χ4v) is 4.03. The second kappa shape index (κ2) is 5.41. The van der Waals surface area contributed by atoms with Crippen LogP contribution in [0.3, 0.4) is 0 Å². The van der Waals surface area contributed by atoms with E-state index in [1.165, 1.54) is 40.6 Å². The van der Waals surface area contributed by atoms with Crippen LogP contribution in [-0.2, 0) is 12.8 Å². The summed E-state index contributed by atoms with van der Waals surface area (Å²) < 4.78 is 13.3. The van der Waals surface area contributed by atoms with E-state index in [0.29, 0.717) is 0 Å². The van der Waals surface area contributed by atoms with Crippen molar-refractivity contribution in [2.24, 2.45) is 5.84 Å². The number of aryl methyl sites for hydroxylation is 2. The molecule has 2 nitrogen and oxygen atoms in total. The average Bonchev–Trinajstić information content (AvgIpc) is 2.83. The van der Waals surface area contributed by atoms with Gasteiger partial charge in [0.25, 0.3) is 0 Å². The zero-order chi connectivity index (χ0) is 13.2. The van der Waals surface area contributed by atoms with E-state index < -0.39 is 0 Å². The molecule has 1 heterocycles. The standard InChI is InChI=1S/C15H17FN2S/c16-12-6-3-5-11(8-12)15(18-17)14-9-10-4-1-2-7-13(10)19-14/h3,5-6,8-9,15,18H,1-2,4,7,17H2. The van der Waals surface area contributed by atoms with Crippen molar-refractivity contribution in [3.63, 3.8) is 0 Å². The number of nitrogens with one attached hydrogen (secondary N) is 1. The molecule has 1 atom stereocenters. The molecule has 1 aromatic carbocycles. The molecule has 0 fully saturated rings. The predicted octanol–water partition coefficient (Wildman–Crippen LogP) is 3.32. The molecule has 1 aliphatic rings. The van der Waals surface area contributed by atoms with E-state index in [1.54, 1.807) is 23.5 Å². The zero-order valence-electron chi connectivity index (χ0n) is 10.7. The zero-order valence-corrected chi connectivity index (χ0v) is 11.5. The molecule has 0 amide bonds. The number of hydrazine groups is 1. The van der Waals surface area contributed by atoms with Crippen molar-refractivity contribution in [1.82, 2.24) is 5.43 Å². The molecule has 2 aromatic rings. The Morgan fingerprint density at radius 1 is 1.21 bits per heavy atom. The van der Waals surface area contributed by atoms with Crippen molar-refractivity contribution in [2.45, 2.75) is 31.7 Å². The van der Waals surface area contributed by atoms with Crippen LogP contribution in [0.2, 0.25) is 0 Å². The van der Waals surface area contributed by atoms with Crippen LogP contribution in [0.15, 0.2) is 30.3 Å². The summed E-state index contributed by atoms with van der Waals surface area (Å²) in [6.07, 6.45) is 4.87. The van der Waals surface area contributed by atoms with E-state index in [4.69, 9.17) is 5.84 Å². The van der Waals surface area contributed by atoms with Gasteiger partial charge in [-0.3, -0.25) is 5.84 Å². The molecule has 0 bridgehead atoms. The second-order valence-electron chi connectivity index (χ2n) is 4.96. The minimum absolute atomic E-state index is 0.119. The molecule has 4 heteroatoms. The highest BCUT2D eigenvalue weighted by molar-refractivity contribution is 7.12. The van der Waals surface area contributed by atoms with E-state index in [-0.39, 0.29) is 11.9 Å². The SMILES string of the molecule is NNC(c1cccc(F)c1)c1cc2c(s1)CCCC2. The van der Waals surface area contributed by atoms with Crippen molar-refractivity contribution < 1.29 is 4.39 Å². The van der Waals surface area contributed by atoms with Crippen molar-refractivity contribution in [3.05, 3.63) is 57.0 Å². The van der Waals surface area contributed by atoms with Gasteiger partial charge in [0, 0.05) is 9.75 Å². The van der Waals surface area contributed by atoms with Crippen molar-refractivity contribution >= 4 is 11.3 Å². The van der Waals surface area contributed by atoms with Gasteiger partial charge in [0.05, 0.1) is 6.04 Å². The van der Waals surface area contributed by atoms with Crippen LogP contribution < -0.4 is 11.3 Å². The summed E-state index contributed by atoms with van der Waals surface area (Å²) >= 11 is 1.80. The van der Waals surface area contributed by atoms with Gasteiger partial charge in [-0.25, -0.2) is 9.82 Å². The molecule has 19 heavy (non-hydrogen) atoms. The lowest BCUT2D eigenvalue weighted by atomic mass is 9.98. The van der Waals surface area contributed by atoms with Crippen LogP contribution in [-0.4, -0.2) is 0 Å². The van der Waals surface area contributed by atoms with Gasteiger partial charge in [-0.15, -0.1) is 11.3 Å². The summed E-state index contributed by atoms with van der Waals surface area (Å²) in [5.41, 5.74) is 5.14. The number of halogens is 1. The van der Waals surface area contributed by atoms with Gasteiger partial charge in [-0.05, 0) is 55.0 Å². The van der Waals surface area contributed by atoms with Gasteiger partial charge in [0.2, 0.25) is 0 Å². The smallest absolute Gasteiger partial charge is 0.123 e. The quantitative estimate of drug-likeness (QED) is 0.666. The summed E-state index contributed by atoms with van der Waals surface area (Å²) in [6.45, 7) is 0. The van der Waals surface area contributed by atoms with Crippen LogP contribution in [0.4, 0.5) is 4.39 Å². The molecule has 1 unspecified atom stereocenters. The maximum absolute atomic E-state index is 13.3. The van der Waals surface area contributed by atoms with Crippen molar-refractivity contribution in [1.29, 1.82) is 0 Å². The van der Waals surface area contributed by atoms with Gasteiger partial charge < -0.3 is 0 Å². The van der Waals surface area contributed by atoms with Gasteiger partial charge >= 0.3 is 0 Å². The highest BCUT2D eigenvalue weighted by Gasteiger charge is 2.20. The number of rotatable bonds is 3. The molecule has 1 aliphatic carbocycles. The summed E-state index contributed by atoms with van der Waals surface area (Å²) in [5.74, 6) is 5.46. The highest BCUT2D eigenvalue weighted by Crippen LogP contribution is 2.35. The second-order valence-corrected chi connectivity index (χ2v) is 6.13. The summed E-state index contributed by atoms with van der Waals surface area (Å²) in [7, 11) is 0. The minimum Gasteiger partial charge on any atom is -0.271 e. The van der Waals surface area contributed by atoms with Gasteiger partial charge in [-0.1, -0.05) is 12.1 Å². The number of hydrogen-bond acceptors (Lipinski definition) is 3. The Bertz CT molecular complexity index is 556. The molecule has 1 aromatic heterocycles. The van der Waals surface area contributed by atoms with Gasteiger partial charge in [-0.2, -0.15) is 0 Å². The minimum atomic E-state index is -0.223. The van der Waals surface area contributed by atoms with E-state index in [9.17, 15) is 4.39 Å². The summed E-state index contributed by atoms with van der Waals surface area (Å²) in [5, 5.41) is 0. The third-order valence-corrected chi connectivity index (χ3v) is 4.95. The lowest BCUT2D eigenvalue weighted by Gasteiger charge is -2.14. The number of nitrogens with two attached hydrogens (primary N) is 1. The van der Waals surface area contributed by atoms with Crippen LogP contribution in [0.1, 0.15) is 39.8 Å². The van der Waals surface area contributed by atoms with Crippen LogP contribution in [0, 0.1) is 5.82 Å². The molecular formula is C15H17FN2S. The topological polar surface area (TPSA) is 38.0 Å². The summed E-state index contributed by atoms with van der Waals surface area (Å²) in [4.78, 5) is 2.65. The van der Waals surface area contributed by atoms with E-state index in [0.717, 1.165) is 12.0 Å². The first-order valence-corrected chi connectivity index (χ1v) is 7.42. The van der Waals surface area contributed by atoms with Crippen molar-refractivity contribution in [2.75, 3.05) is 0 Å². The fourth-order valence-electron chi connectivity index (χ4n) is 2.68. The average molecular weight is 276 g/mol. The Hall–Kier alpha value is -1.23. The lowest BCUT2D eigenvalue weighted by Crippen LogP contribution is -2.28. The Labute approximate surface area is 116 Å². The highest BCUT2D eigenvalue weighted by atomic mass is 32.1. The molecule has 0 spiro atoms. The normalized spacial score (nSPS) is 16.1. The van der Waals surface area contributed by atoms with Gasteiger partial charge in [0.15, 0.2) is 0 Å². The molecule has 3 N–H and O–H groups in total. The van der Waals surface area contributed by atoms with Crippen LogP contribution >= 0.6 is 11.3 Å². The molecule has 0 saturated carbocycles. The molecule has 0 aliphatic heterocycles. The van der Waals surface area contributed by atoms with E-state index in [2.05, 4.69) is 11.5 Å². The number of fused-ring (bicyclic) bond motifs is 1. The Morgan fingerprint density at radius 3 is 2.79 bits per heavy atom. The number of hydrogen-bond donors (Lipinski definition) is 2. The Balaban J connectivity index is 1.96. The molecule has 3 rings (SSSR count). The van der Waals surface area contributed by atoms with Crippen LogP contribution in [0.5, 0.6) is 0 Å². The number of thiophene rings is 1. The van der Waals surface area contributed by atoms with Crippen LogP contribution in [0.25, 0.3) is 0 Å².